The molecule has 1 aromatic heterocycles. The summed E-state index contributed by atoms with van der Waals surface area (Å²) >= 11 is 0. The molecule has 1 saturated heterocycles. The molecule has 2 fully saturated rings. The number of benzene rings is 1. The zero-order chi connectivity index (χ0) is 28.9. The summed E-state index contributed by atoms with van der Waals surface area (Å²) in [5.74, 6) is -0.473. The van der Waals surface area contributed by atoms with Crippen LogP contribution in [-0.4, -0.2) is 59.3 Å². The molecule has 0 atom stereocenters. The first-order valence-electron chi connectivity index (χ1n) is 14.0. The highest BCUT2D eigenvalue weighted by Crippen LogP contribution is 2.35. The van der Waals surface area contributed by atoms with Crippen molar-refractivity contribution in [3.05, 3.63) is 35.2 Å². The monoisotopic (exact) mass is 562 g/mol. The Morgan fingerprint density at radius 1 is 1.20 bits per heavy atom. The average molecular weight is 563 g/mol. The van der Waals surface area contributed by atoms with E-state index in [-0.39, 0.29) is 36.8 Å². The van der Waals surface area contributed by atoms with Crippen molar-refractivity contribution in [1.29, 1.82) is 0 Å². The fourth-order valence-corrected chi connectivity index (χ4v) is 4.76. The number of carbonyl (C=O) groups is 1. The molecule has 10 nitrogen and oxygen atoms in total. The SMILES string of the molecule is CC(C)c1noc(N2CCC(ON=C3CCC(c4cc(F)c(NC(=O)NCC(C)(C)CO)cc4F)CC3)CC2)n1. The third-order valence-corrected chi connectivity index (χ3v) is 7.48. The molecule has 220 valence electrons. The van der Waals surface area contributed by atoms with Crippen LogP contribution < -0.4 is 15.5 Å². The number of amides is 2. The molecule has 4 rings (SSSR count). The molecule has 1 aromatic carbocycles. The number of hydrogen-bond donors (Lipinski definition) is 3. The number of halogens is 2. The predicted molar refractivity (Wildman–Crippen MR) is 148 cm³/mol. The lowest BCUT2D eigenvalue weighted by atomic mass is 9.83. The number of aromatic nitrogens is 2. The van der Waals surface area contributed by atoms with Gasteiger partial charge in [-0.05, 0) is 43.2 Å². The zero-order valence-electron chi connectivity index (χ0n) is 23.7. The van der Waals surface area contributed by atoms with Gasteiger partial charge in [-0.1, -0.05) is 38.0 Å². The van der Waals surface area contributed by atoms with Crippen LogP contribution in [0.5, 0.6) is 0 Å². The number of oxime groups is 1. The summed E-state index contributed by atoms with van der Waals surface area (Å²) in [6.07, 6.45) is 4.15. The van der Waals surface area contributed by atoms with Gasteiger partial charge < -0.3 is 30.0 Å². The summed E-state index contributed by atoms with van der Waals surface area (Å²) in [6.45, 7) is 9.16. The zero-order valence-corrected chi connectivity index (χ0v) is 23.7. The maximum atomic E-state index is 14.9. The number of urea groups is 1. The normalized spacial score (nSPS) is 18.6. The van der Waals surface area contributed by atoms with Crippen molar-refractivity contribution in [2.24, 2.45) is 10.6 Å². The Balaban J connectivity index is 1.24. The Morgan fingerprint density at radius 2 is 1.90 bits per heavy atom. The molecule has 0 unspecified atom stereocenters. The van der Waals surface area contributed by atoms with Crippen LogP contribution in [0.1, 0.15) is 89.4 Å². The molecule has 2 aliphatic rings. The van der Waals surface area contributed by atoms with Gasteiger partial charge in [0.2, 0.25) is 0 Å². The van der Waals surface area contributed by atoms with Crippen LogP contribution in [-0.2, 0) is 4.84 Å². The first kappa shape index (κ1) is 29.7. The van der Waals surface area contributed by atoms with Gasteiger partial charge in [-0.3, -0.25) is 0 Å². The Bertz CT molecular complexity index is 1180. The van der Waals surface area contributed by atoms with E-state index in [1.807, 2.05) is 13.8 Å². The molecule has 1 saturated carbocycles. The van der Waals surface area contributed by atoms with Gasteiger partial charge in [0.05, 0.1) is 11.4 Å². The number of rotatable bonds is 9. The van der Waals surface area contributed by atoms with E-state index in [1.165, 1.54) is 6.07 Å². The number of anilines is 2. The Labute approximate surface area is 233 Å². The number of piperidine rings is 1. The van der Waals surface area contributed by atoms with Crippen LogP contribution in [0.15, 0.2) is 21.8 Å². The first-order chi connectivity index (χ1) is 19.0. The van der Waals surface area contributed by atoms with E-state index in [1.54, 1.807) is 13.8 Å². The van der Waals surface area contributed by atoms with E-state index in [4.69, 9.17) is 9.36 Å². The van der Waals surface area contributed by atoms with E-state index in [2.05, 4.69) is 30.8 Å². The number of nitrogens with one attached hydrogen (secondary N) is 2. The van der Waals surface area contributed by atoms with Gasteiger partial charge in [0.25, 0.3) is 0 Å². The van der Waals surface area contributed by atoms with E-state index < -0.39 is 23.1 Å². The van der Waals surface area contributed by atoms with E-state index in [0.29, 0.717) is 43.1 Å². The molecule has 12 heteroatoms. The summed E-state index contributed by atoms with van der Waals surface area (Å²) in [4.78, 5) is 24.5. The smallest absolute Gasteiger partial charge is 0.324 e. The van der Waals surface area contributed by atoms with Gasteiger partial charge in [-0.25, -0.2) is 13.6 Å². The lowest BCUT2D eigenvalue weighted by Crippen LogP contribution is -2.38. The minimum Gasteiger partial charge on any atom is -0.396 e. The Hall–Kier alpha value is -3.28. The molecule has 1 aliphatic heterocycles. The molecule has 1 aliphatic carbocycles. The number of nitrogens with zero attached hydrogens (tertiary/aromatic N) is 4. The van der Waals surface area contributed by atoms with Gasteiger partial charge in [0.1, 0.15) is 17.7 Å². The largest absolute Gasteiger partial charge is 0.396 e. The van der Waals surface area contributed by atoms with Crippen molar-refractivity contribution in [3.8, 4) is 0 Å². The number of aliphatic hydroxyl groups is 1. The lowest BCUT2D eigenvalue weighted by molar-refractivity contribution is 0.0401. The summed E-state index contributed by atoms with van der Waals surface area (Å²) in [7, 11) is 0. The Kier molecular flexibility index (Phi) is 9.60. The number of aliphatic hydroxyl groups excluding tert-OH is 1. The maximum Gasteiger partial charge on any atom is 0.324 e. The van der Waals surface area contributed by atoms with Crippen molar-refractivity contribution in [2.75, 3.05) is 36.5 Å². The second kappa shape index (κ2) is 12.9. The van der Waals surface area contributed by atoms with Gasteiger partial charge in [0.15, 0.2) is 5.82 Å². The molecule has 2 aromatic rings. The summed E-state index contributed by atoms with van der Waals surface area (Å²) in [5, 5.41) is 22.6. The highest BCUT2D eigenvalue weighted by Gasteiger charge is 2.27. The second-order valence-electron chi connectivity index (χ2n) is 11.8. The predicted octanol–water partition coefficient (Wildman–Crippen LogP) is 5.31. The molecule has 0 spiro atoms. The van der Waals surface area contributed by atoms with Crippen LogP contribution in [0.2, 0.25) is 0 Å². The van der Waals surface area contributed by atoms with Crippen LogP contribution >= 0.6 is 0 Å². The lowest BCUT2D eigenvalue weighted by Gasteiger charge is -2.29. The van der Waals surface area contributed by atoms with Crippen molar-refractivity contribution in [1.82, 2.24) is 15.5 Å². The van der Waals surface area contributed by atoms with Gasteiger partial charge >= 0.3 is 12.0 Å². The minimum absolute atomic E-state index is 0.00691. The van der Waals surface area contributed by atoms with Crippen molar-refractivity contribution in [3.63, 3.8) is 0 Å². The average Bonchev–Trinajstić information content (AvgIpc) is 3.44. The molecule has 0 radical (unpaired) electrons. The highest BCUT2D eigenvalue weighted by molar-refractivity contribution is 5.89. The topological polar surface area (TPSA) is 125 Å². The third-order valence-electron chi connectivity index (χ3n) is 7.48. The van der Waals surface area contributed by atoms with Gasteiger partial charge in [-0.2, -0.15) is 4.98 Å². The van der Waals surface area contributed by atoms with E-state index in [9.17, 15) is 18.7 Å². The number of hydrogen-bond acceptors (Lipinski definition) is 8. The molecule has 40 heavy (non-hydrogen) atoms. The van der Waals surface area contributed by atoms with Crippen LogP contribution in [0.25, 0.3) is 0 Å². The maximum absolute atomic E-state index is 14.9. The van der Waals surface area contributed by atoms with Gasteiger partial charge in [-0.15, -0.1) is 0 Å². The molecular formula is C28H40F2N6O4. The molecule has 3 N–H and O–H groups in total. The molecule has 0 bridgehead atoms. The van der Waals surface area contributed by atoms with Crippen LogP contribution in [0, 0.1) is 17.0 Å². The van der Waals surface area contributed by atoms with Crippen molar-refractivity contribution >= 4 is 23.4 Å². The fourth-order valence-electron chi connectivity index (χ4n) is 4.76. The highest BCUT2D eigenvalue weighted by atomic mass is 19.1. The van der Waals surface area contributed by atoms with E-state index >= 15 is 0 Å². The van der Waals surface area contributed by atoms with Crippen LogP contribution in [0.4, 0.5) is 25.3 Å². The van der Waals surface area contributed by atoms with E-state index in [0.717, 1.165) is 37.7 Å². The summed E-state index contributed by atoms with van der Waals surface area (Å²) < 4.78 is 35.1. The Morgan fingerprint density at radius 3 is 2.52 bits per heavy atom. The number of carbonyl (C=O) groups excluding carboxylic acids is 1. The summed E-state index contributed by atoms with van der Waals surface area (Å²) in [6, 6.07) is 2.09. The molecule has 2 heterocycles. The second-order valence-corrected chi connectivity index (χ2v) is 11.8. The molecular weight excluding hydrogens is 522 g/mol. The molecule has 2 amide bonds. The third kappa shape index (κ3) is 7.67. The van der Waals surface area contributed by atoms with Crippen molar-refractivity contribution < 1.29 is 28.0 Å². The van der Waals surface area contributed by atoms with Crippen molar-refractivity contribution in [2.45, 2.75) is 84.2 Å². The quantitative estimate of drug-likeness (QED) is 0.354. The first-order valence-corrected chi connectivity index (χ1v) is 14.0. The summed E-state index contributed by atoms with van der Waals surface area (Å²) in [5.41, 5.74) is 0.486. The van der Waals surface area contributed by atoms with Crippen LogP contribution in [0.3, 0.4) is 0 Å². The van der Waals surface area contributed by atoms with Gasteiger partial charge in [0, 0.05) is 56.5 Å². The minimum atomic E-state index is -0.692. The fraction of sp³-hybridized carbons (Fsp3) is 0.643. The standard InChI is InChI=1S/C28H40F2N6O4/c1-17(2)25-33-27(40-35-25)36-11-9-20(10-12-36)39-34-19-7-5-18(6-8-19)21-13-23(30)24(14-22(21)29)32-26(38)31-15-28(3,4)16-37/h13-14,17-18,20,37H,5-12,15-16H2,1-4H3,(H2,31,32,38).